The summed E-state index contributed by atoms with van der Waals surface area (Å²) in [6.45, 7) is 2.65. The standard InChI is InChI=1S/C14H21NO2S/c1-11-2-4-12(5-3-11)14(10-15)13-6-8-18(16,17)9-7-13/h2-5,13-14H,6-10,15H2,1H3. The van der Waals surface area contributed by atoms with Gasteiger partial charge in [-0.15, -0.1) is 0 Å². The van der Waals surface area contributed by atoms with E-state index in [0.29, 0.717) is 29.9 Å². The lowest BCUT2D eigenvalue weighted by Gasteiger charge is -2.29. The third kappa shape index (κ3) is 3.12. The Labute approximate surface area is 109 Å². The molecule has 0 bridgehead atoms. The molecule has 18 heavy (non-hydrogen) atoms. The maximum Gasteiger partial charge on any atom is 0.150 e. The topological polar surface area (TPSA) is 60.2 Å². The van der Waals surface area contributed by atoms with Gasteiger partial charge in [0.2, 0.25) is 0 Å². The SMILES string of the molecule is Cc1ccc(C(CN)C2CCS(=O)(=O)CC2)cc1. The average Bonchev–Trinajstić information content (AvgIpc) is 2.34. The van der Waals surface area contributed by atoms with E-state index in [1.807, 2.05) is 0 Å². The van der Waals surface area contributed by atoms with Crippen LogP contribution in [0.25, 0.3) is 0 Å². The molecule has 1 aromatic carbocycles. The highest BCUT2D eigenvalue weighted by Gasteiger charge is 2.29. The van der Waals surface area contributed by atoms with E-state index in [1.54, 1.807) is 0 Å². The van der Waals surface area contributed by atoms with Gasteiger partial charge in [-0.1, -0.05) is 29.8 Å². The van der Waals surface area contributed by atoms with Crippen molar-refractivity contribution < 1.29 is 8.42 Å². The lowest BCUT2D eigenvalue weighted by atomic mass is 9.82. The first kappa shape index (κ1) is 13.6. The van der Waals surface area contributed by atoms with E-state index in [9.17, 15) is 8.42 Å². The molecule has 1 heterocycles. The highest BCUT2D eigenvalue weighted by Crippen LogP contribution is 2.32. The second kappa shape index (κ2) is 5.41. The molecule has 1 saturated heterocycles. The summed E-state index contributed by atoms with van der Waals surface area (Å²) in [6, 6.07) is 8.43. The maximum absolute atomic E-state index is 11.5. The third-order valence-corrected chi connectivity index (χ3v) is 5.64. The van der Waals surface area contributed by atoms with Gasteiger partial charge >= 0.3 is 0 Å². The van der Waals surface area contributed by atoms with Crippen molar-refractivity contribution in [3.63, 3.8) is 0 Å². The van der Waals surface area contributed by atoms with Crippen LogP contribution in [0.5, 0.6) is 0 Å². The van der Waals surface area contributed by atoms with Crippen LogP contribution in [-0.4, -0.2) is 26.5 Å². The third-order valence-electron chi connectivity index (χ3n) is 3.93. The highest BCUT2D eigenvalue weighted by atomic mass is 32.2. The quantitative estimate of drug-likeness (QED) is 0.909. The Morgan fingerprint density at radius 3 is 2.28 bits per heavy atom. The molecule has 4 heteroatoms. The van der Waals surface area contributed by atoms with Crippen LogP contribution in [0.4, 0.5) is 0 Å². The van der Waals surface area contributed by atoms with E-state index >= 15 is 0 Å². The van der Waals surface area contributed by atoms with Crippen LogP contribution < -0.4 is 5.73 Å². The smallest absolute Gasteiger partial charge is 0.150 e. The number of hydrogen-bond acceptors (Lipinski definition) is 3. The highest BCUT2D eigenvalue weighted by molar-refractivity contribution is 7.91. The summed E-state index contributed by atoms with van der Waals surface area (Å²) in [5.74, 6) is 1.34. The van der Waals surface area contributed by atoms with Crippen molar-refractivity contribution in [2.45, 2.75) is 25.7 Å². The van der Waals surface area contributed by atoms with Crippen LogP contribution >= 0.6 is 0 Å². The van der Waals surface area contributed by atoms with E-state index in [-0.39, 0.29) is 0 Å². The normalized spacial score (nSPS) is 21.7. The van der Waals surface area contributed by atoms with Gasteiger partial charge in [-0.2, -0.15) is 0 Å². The summed E-state index contributed by atoms with van der Waals surface area (Å²) >= 11 is 0. The number of aryl methyl sites for hydroxylation is 1. The van der Waals surface area contributed by atoms with Crippen molar-refractivity contribution in [2.75, 3.05) is 18.1 Å². The maximum atomic E-state index is 11.5. The first-order chi connectivity index (χ1) is 8.52. The van der Waals surface area contributed by atoms with E-state index in [1.165, 1.54) is 11.1 Å². The summed E-state index contributed by atoms with van der Waals surface area (Å²) in [4.78, 5) is 0. The van der Waals surface area contributed by atoms with Crippen molar-refractivity contribution >= 4 is 9.84 Å². The van der Waals surface area contributed by atoms with Gasteiger partial charge in [0.15, 0.2) is 0 Å². The summed E-state index contributed by atoms with van der Waals surface area (Å²) in [5, 5.41) is 0. The first-order valence-electron chi connectivity index (χ1n) is 6.49. The van der Waals surface area contributed by atoms with Crippen molar-refractivity contribution in [1.29, 1.82) is 0 Å². The monoisotopic (exact) mass is 267 g/mol. The molecule has 3 nitrogen and oxygen atoms in total. The van der Waals surface area contributed by atoms with Crippen LogP contribution in [0.2, 0.25) is 0 Å². The molecule has 1 fully saturated rings. The number of benzene rings is 1. The number of sulfone groups is 1. The van der Waals surface area contributed by atoms with Crippen LogP contribution in [-0.2, 0) is 9.84 Å². The van der Waals surface area contributed by atoms with Gasteiger partial charge in [-0.05, 0) is 43.7 Å². The van der Waals surface area contributed by atoms with Crippen LogP contribution in [0, 0.1) is 12.8 Å². The molecule has 1 atom stereocenters. The molecule has 1 aromatic rings. The zero-order valence-corrected chi connectivity index (χ0v) is 11.6. The van der Waals surface area contributed by atoms with Gasteiger partial charge in [-0.25, -0.2) is 8.42 Å². The van der Waals surface area contributed by atoms with Gasteiger partial charge < -0.3 is 5.73 Å². The second-order valence-corrected chi connectivity index (χ2v) is 7.55. The first-order valence-corrected chi connectivity index (χ1v) is 8.31. The van der Waals surface area contributed by atoms with E-state index in [0.717, 1.165) is 12.8 Å². The average molecular weight is 267 g/mol. The van der Waals surface area contributed by atoms with Gasteiger partial charge in [0, 0.05) is 0 Å². The van der Waals surface area contributed by atoms with Gasteiger partial charge in [0.1, 0.15) is 9.84 Å². The summed E-state index contributed by atoms with van der Waals surface area (Å²) in [5.41, 5.74) is 8.37. The van der Waals surface area contributed by atoms with Crippen LogP contribution in [0.3, 0.4) is 0 Å². The van der Waals surface area contributed by atoms with Crippen LogP contribution in [0.15, 0.2) is 24.3 Å². The number of nitrogens with two attached hydrogens (primary N) is 1. The lowest BCUT2D eigenvalue weighted by Crippen LogP contribution is -2.30. The van der Waals surface area contributed by atoms with Crippen molar-refractivity contribution in [3.05, 3.63) is 35.4 Å². The van der Waals surface area contributed by atoms with Crippen molar-refractivity contribution in [3.8, 4) is 0 Å². The molecule has 100 valence electrons. The summed E-state index contributed by atoms with van der Waals surface area (Å²) in [7, 11) is -2.79. The Kier molecular flexibility index (Phi) is 4.07. The molecule has 1 unspecified atom stereocenters. The Balaban J connectivity index is 2.12. The summed E-state index contributed by atoms with van der Waals surface area (Å²) < 4.78 is 22.9. The fraction of sp³-hybridized carbons (Fsp3) is 0.571. The molecule has 0 radical (unpaired) electrons. The minimum atomic E-state index is -2.79. The Hall–Kier alpha value is -0.870. The van der Waals surface area contributed by atoms with E-state index in [4.69, 9.17) is 5.73 Å². The van der Waals surface area contributed by atoms with E-state index in [2.05, 4.69) is 31.2 Å². The fourth-order valence-electron chi connectivity index (χ4n) is 2.72. The lowest BCUT2D eigenvalue weighted by molar-refractivity contribution is 0.389. The molecule has 1 aliphatic heterocycles. The summed E-state index contributed by atoms with van der Waals surface area (Å²) in [6.07, 6.45) is 1.50. The molecule has 1 aliphatic rings. The Morgan fingerprint density at radius 2 is 1.78 bits per heavy atom. The molecular weight excluding hydrogens is 246 g/mol. The van der Waals surface area contributed by atoms with Crippen molar-refractivity contribution in [2.24, 2.45) is 11.7 Å². The molecule has 0 aromatic heterocycles. The fourth-order valence-corrected chi connectivity index (χ4v) is 4.25. The molecular formula is C14H21NO2S. The zero-order valence-electron chi connectivity index (χ0n) is 10.8. The molecule has 0 spiro atoms. The number of hydrogen-bond donors (Lipinski definition) is 1. The van der Waals surface area contributed by atoms with Gasteiger partial charge in [0.25, 0.3) is 0 Å². The molecule has 0 amide bonds. The van der Waals surface area contributed by atoms with Gasteiger partial charge in [0.05, 0.1) is 11.5 Å². The molecule has 0 aliphatic carbocycles. The Morgan fingerprint density at radius 1 is 1.22 bits per heavy atom. The predicted molar refractivity (Wildman–Crippen MR) is 74.4 cm³/mol. The zero-order chi connectivity index (χ0) is 13.2. The molecule has 2 N–H and O–H groups in total. The second-order valence-electron chi connectivity index (χ2n) is 5.24. The predicted octanol–water partition coefficient (Wildman–Crippen LogP) is 1.86. The minimum absolute atomic E-state index is 0.293. The Bertz CT molecular complexity index is 479. The molecule has 2 rings (SSSR count). The van der Waals surface area contributed by atoms with Gasteiger partial charge in [-0.3, -0.25) is 0 Å². The minimum Gasteiger partial charge on any atom is -0.330 e. The molecule has 0 saturated carbocycles. The largest absolute Gasteiger partial charge is 0.330 e. The number of rotatable bonds is 3. The van der Waals surface area contributed by atoms with Crippen LogP contribution in [0.1, 0.15) is 29.9 Å². The van der Waals surface area contributed by atoms with E-state index < -0.39 is 9.84 Å². The van der Waals surface area contributed by atoms with Crippen molar-refractivity contribution in [1.82, 2.24) is 0 Å².